The van der Waals surface area contributed by atoms with Gasteiger partial charge in [-0.2, -0.15) is 15.0 Å². The third-order valence-electron chi connectivity index (χ3n) is 3.39. The minimum Gasteiger partial charge on any atom is -0.463 e. The highest BCUT2D eigenvalue weighted by molar-refractivity contribution is 6.28. The van der Waals surface area contributed by atoms with E-state index in [2.05, 4.69) is 27.2 Å². The average molecular weight is 271 g/mol. The summed E-state index contributed by atoms with van der Waals surface area (Å²) in [7, 11) is 0. The Morgan fingerprint density at radius 1 is 1.28 bits per heavy atom. The van der Waals surface area contributed by atoms with Crippen molar-refractivity contribution in [2.75, 3.05) is 11.9 Å². The summed E-state index contributed by atoms with van der Waals surface area (Å²) < 4.78 is 5.39. The second kappa shape index (κ2) is 5.69. The molecule has 0 saturated heterocycles. The quantitative estimate of drug-likeness (QED) is 0.861. The van der Waals surface area contributed by atoms with Crippen molar-refractivity contribution in [3.8, 4) is 6.01 Å². The van der Waals surface area contributed by atoms with Gasteiger partial charge in [-0.3, -0.25) is 0 Å². The SMILES string of the molecule is CCCOc1nc(Cl)nc(NC2(CC)CCC2)n1. The van der Waals surface area contributed by atoms with E-state index >= 15 is 0 Å². The lowest BCUT2D eigenvalue weighted by molar-refractivity contribution is 0.265. The molecule has 1 heterocycles. The zero-order valence-electron chi connectivity index (χ0n) is 10.9. The van der Waals surface area contributed by atoms with Gasteiger partial charge in [0.25, 0.3) is 0 Å². The van der Waals surface area contributed by atoms with Crippen LogP contribution in [0.25, 0.3) is 0 Å². The molecule has 1 fully saturated rings. The molecule has 0 radical (unpaired) electrons. The zero-order chi connectivity index (χ0) is 13.0. The summed E-state index contributed by atoms with van der Waals surface area (Å²) in [5.74, 6) is 0.516. The summed E-state index contributed by atoms with van der Waals surface area (Å²) in [5.41, 5.74) is 0.132. The Morgan fingerprint density at radius 3 is 2.61 bits per heavy atom. The van der Waals surface area contributed by atoms with Crippen molar-refractivity contribution in [2.45, 2.75) is 51.5 Å². The van der Waals surface area contributed by atoms with Crippen molar-refractivity contribution < 1.29 is 4.74 Å². The molecule has 5 nitrogen and oxygen atoms in total. The molecule has 0 atom stereocenters. The predicted octanol–water partition coefficient (Wildman–Crippen LogP) is 3.06. The van der Waals surface area contributed by atoms with Gasteiger partial charge in [0.05, 0.1) is 6.61 Å². The lowest BCUT2D eigenvalue weighted by Gasteiger charge is -2.41. The number of rotatable bonds is 6. The van der Waals surface area contributed by atoms with Crippen molar-refractivity contribution in [3.05, 3.63) is 5.28 Å². The number of aromatic nitrogens is 3. The molecule has 1 saturated carbocycles. The first-order valence-corrected chi connectivity index (χ1v) is 6.88. The fourth-order valence-corrected chi connectivity index (χ4v) is 2.21. The molecule has 6 heteroatoms. The Morgan fingerprint density at radius 2 is 2.06 bits per heavy atom. The van der Waals surface area contributed by atoms with E-state index in [0.29, 0.717) is 18.6 Å². The molecule has 0 aromatic carbocycles. The first kappa shape index (κ1) is 13.3. The van der Waals surface area contributed by atoms with Crippen LogP contribution in [-0.2, 0) is 0 Å². The Bertz CT molecular complexity index is 404. The van der Waals surface area contributed by atoms with E-state index < -0.39 is 0 Å². The number of nitrogens with zero attached hydrogens (tertiary/aromatic N) is 3. The molecule has 1 aliphatic carbocycles. The van der Waals surface area contributed by atoms with Gasteiger partial charge in [-0.1, -0.05) is 13.8 Å². The molecule has 1 aliphatic rings. The minimum atomic E-state index is 0.132. The summed E-state index contributed by atoms with van der Waals surface area (Å²) in [4.78, 5) is 12.3. The van der Waals surface area contributed by atoms with Gasteiger partial charge in [-0.25, -0.2) is 0 Å². The van der Waals surface area contributed by atoms with Crippen LogP contribution in [-0.4, -0.2) is 27.1 Å². The number of anilines is 1. The molecule has 1 aromatic heterocycles. The standard InChI is InChI=1S/C12H19ClN4O/c1-3-8-18-11-15-9(13)14-10(16-11)17-12(4-2)6-5-7-12/h3-8H2,1-2H3,(H,14,15,16,17). The summed E-state index contributed by atoms with van der Waals surface area (Å²) in [6.07, 6.45) is 5.52. The van der Waals surface area contributed by atoms with Gasteiger partial charge in [-0.15, -0.1) is 0 Å². The third-order valence-corrected chi connectivity index (χ3v) is 3.56. The van der Waals surface area contributed by atoms with E-state index in [0.717, 1.165) is 25.7 Å². The second-order valence-electron chi connectivity index (χ2n) is 4.67. The van der Waals surface area contributed by atoms with Crippen LogP contribution in [0.15, 0.2) is 0 Å². The van der Waals surface area contributed by atoms with Crippen LogP contribution in [0.3, 0.4) is 0 Å². The van der Waals surface area contributed by atoms with E-state index in [-0.39, 0.29) is 10.8 Å². The normalized spacial score (nSPS) is 17.1. The topological polar surface area (TPSA) is 59.9 Å². The molecule has 100 valence electrons. The summed E-state index contributed by atoms with van der Waals surface area (Å²) in [6, 6.07) is 0.296. The Labute approximate surface area is 112 Å². The average Bonchev–Trinajstić information content (AvgIpc) is 2.30. The van der Waals surface area contributed by atoms with Crippen molar-refractivity contribution in [1.82, 2.24) is 15.0 Å². The highest BCUT2D eigenvalue weighted by atomic mass is 35.5. The van der Waals surface area contributed by atoms with E-state index in [4.69, 9.17) is 16.3 Å². The number of halogens is 1. The number of nitrogens with one attached hydrogen (secondary N) is 1. The van der Waals surface area contributed by atoms with Crippen LogP contribution < -0.4 is 10.1 Å². The molecule has 0 bridgehead atoms. The predicted molar refractivity (Wildman–Crippen MR) is 71.1 cm³/mol. The maximum absolute atomic E-state index is 5.88. The van der Waals surface area contributed by atoms with Crippen LogP contribution >= 0.6 is 11.6 Å². The third kappa shape index (κ3) is 3.02. The lowest BCUT2D eigenvalue weighted by Crippen LogP contribution is -2.44. The minimum absolute atomic E-state index is 0.132. The van der Waals surface area contributed by atoms with Crippen LogP contribution in [0.5, 0.6) is 6.01 Å². The van der Waals surface area contributed by atoms with Crippen molar-refractivity contribution in [1.29, 1.82) is 0 Å². The van der Waals surface area contributed by atoms with Crippen molar-refractivity contribution in [3.63, 3.8) is 0 Å². The highest BCUT2D eigenvalue weighted by Gasteiger charge is 2.35. The van der Waals surface area contributed by atoms with Crippen molar-refractivity contribution >= 4 is 17.5 Å². The van der Waals surface area contributed by atoms with Gasteiger partial charge in [0, 0.05) is 5.54 Å². The van der Waals surface area contributed by atoms with Crippen LogP contribution in [0.4, 0.5) is 5.95 Å². The first-order chi connectivity index (χ1) is 8.67. The first-order valence-electron chi connectivity index (χ1n) is 6.50. The van der Waals surface area contributed by atoms with E-state index in [1.54, 1.807) is 0 Å². The molecular weight excluding hydrogens is 252 g/mol. The van der Waals surface area contributed by atoms with Gasteiger partial charge >= 0.3 is 6.01 Å². The lowest BCUT2D eigenvalue weighted by atomic mass is 9.75. The molecule has 1 N–H and O–H groups in total. The smallest absolute Gasteiger partial charge is 0.322 e. The number of hydrogen-bond donors (Lipinski definition) is 1. The molecule has 0 aliphatic heterocycles. The molecule has 1 aromatic rings. The van der Waals surface area contributed by atoms with Crippen LogP contribution in [0.2, 0.25) is 5.28 Å². The largest absolute Gasteiger partial charge is 0.463 e. The Kier molecular flexibility index (Phi) is 4.22. The second-order valence-corrected chi connectivity index (χ2v) is 5.01. The molecule has 2 rings (SSSR count). The molecule has 0 amide bonds. The Hall–Kier alpha value is -1.10. The van der Waals surface area contributed by atoms with Crippen molar-refractivity contribution in [2.24, 2.45) is 0 Å². The fraction of sp³-hybridized carbons (Fsp3) is 0.750. The Balaban J connectivity index is 2.09. The maximum Gasteiger partial charge on any atom is 0.322 e. The number of ether oxygens (including phenoxy) is 1. The molecule has 18 heavy (non-hydrogen) atoms. The van der Waals surface area contributed by atoms with Gasteiger partial charge in [0.15, 0.2) is 0 Å². The number of hydrogen-bond acceptors (Lipinski definition) is 5. The van der Waals surface area contributed by atoms with Crippen LogP contribution in [0, 0.1) is 0 Å². The summed E-state index contributed by atoms with van der Waals surface area (Å²) >= 11 is 5.88. The fourth-order valence-electron chi connectivity index (χ4n) is 2.05. The van der Waals surface area contributed by atoms with E-state index in [9.17, 15) is 0 Å². The highest BCUT2D eigenvalue weighted by Crippen LogP contribution is 2.37. The van der Waals surface area contributed by atoms with E-state index in [1.807, 2.05) is 6.92 Å². The maximum atomic E-state index is 5.88. The van der Waals surface area contributed by atoms with Gasteiger partial charge in [0.2, 0.25) is 11.2 Å². The van der Waals surface area contributed by atoms with Gasteiger partial charge < -0.3 is 10.1 Å². The zero-order valence-corrected chi connectivity index (χ0v) is 11.6. The van der Waals surface area contributed by atoms with E-state index in [1.165, 1.54) is 6.42 Å². The monoisotopic (exact) mass is 270 g/mol. The van der Waals surface area contributed by atoms with Gasteiger partial charge in [-0.05, 0) is 43.7 Å². The van der Waals surface area contributed by atoms with Crippen LogP contribution in [0.1, 0.15) is 46.0 Å². The molecule has 0 spiro atoms. The molecular formula is C12H19ClN4O. The summed E-state index contributed by atoms with van der Waals surface area (Å²) in [5, 5.41) is 3.54. The van der Waals surface area contributed by atoms with Gasteiger partial charge in [0.1, 0.15) is 0 Å². The summed E-state index contributed by atoms with van der Waals surface area (Å²) in [6.45, 7) is 4.78. The molecule has 0 unspecified atom stereocenters.